The van der Waals surface area contributed by atoms with Gasteiger partial charge < -0.3 is 9.80 Å². The van der Waals surface area contributed by atoms with Gasteiger partial charge in [0.05, 0.1) is 24.5 Å². The number of carbonyl (C=O) groups excluding carboxylic acids is 1. The highest BCUT2D eigenvalue weighted by molar-refractivity contribution is 9.10. The van der Waals surface area contributed by atoms with E-state index in [1.54, 1.807) is 12.1 Å². The number of fused-ring (bicyclic) bond motifs is 1. The number of hydrogen-bond acceptors (Lipinski definition) is 5. The molecule has 3 aromatic carbocycles. The number of halogens is 2. The average molecular weight is 590 g/mol. The molecule has 0 bridgehead atoms. The zero-order valence-electron chi connectivity index (χ0n) is 19.8. The summed E-state index contributed by atoms with van der Waals surface area (Å²) in [6.07, 6.45) is 0. The first-order valence-electron chi connectivity index (χ1n) is 11.6. The minimum atomic E-state index is -4.18. The number of nitrogens with zero attached hydrogens (tertiary/aromatic N) is 4. The van der Waals surface area contributed by atoms with Crippen molar-refractivity contribution in [3.8, 4) is 0 Å². The van der Waals surface area contributed by atoms with E-state index in [4.69, 9.17) is 11.6 Å². The zero-order chi connectivity index (χ0) is 25.4. The van der Waals surface area contributed by atoms with Crippen LogP contribution >= 0.6 is 27.5 Å². The predicted octanol–water partition coefficient (Wildman–Crippen LogP) is 5.19. The lowest BCUT2D eigenvalue weighted by atomic mass is 10.1. The Kier molecular flexibility index (Phi) is 7.00. The Morgan fingerprint density at radius 3 is 2.22 bits per heavy atom. The van der Waals surface area contributed by atoms with E-state index < -0.39 is 16.1 Å². The third kappa shape index (κ3) is 4.72. The van der Waals surface area contributed by atoms with Gasteiger partial charge in [-0.2, -0.15) is 0 Å². The molecule has 36 heavy (non-hydrogen) atoms. The molecular formula is C26H26BrClN4O3S. The van der Waals surface area contributed by atoms with Crippen molar-refractivity contribution in [3.63, 3.8) is 0 Å². The molecule has 0 N–H and O–H groups in total. The first-order valence-corrected chi connectivity index (χ1v) is 14.3. The number of rotatable bonds is 5. The van der Waals surface area contributed by atoms with Crippen LogP contribution in [-0.2, 0) is 23.1 Å². The third-order valence-electron chi connectivity index (χ3n) is 6.60. The lowest BCUT2D eigenvalue weighted by Gasteiger charge is -2.40. The summed E-state index contributed by atoms with van der Waals surface area (Å²) in [4.78, 5) is 19.8. The van der Waals surface area contributed by atoms with E-state index in [1.807, 2.05) is 61.6 Å². The van der Waals surface area contributed by atoms with Gasteiger partial charge in [-0.3, -0.25) is 4.90 Å². The number of amides is 2. The van der Waals surface area contributed by atoms with Crippen LogP contribution in [0.2, 0.25) is 5.02 Å². The highest BCUT2D eigenvalue weighted by Crippen LogP contribution is 2.44. The van der Waals surface area contributed by atoms with Gasteiger partial charge in [-0.15, -0.1) is 0 Å². The maximum absolute atomic E-state index is 14.2. The molecule has 0 saturated carbocycles. The monoisotopic (exact) mass is 588 g/mol. The number of likely N-dealkylation sites (N-methyl/N-ethyl adjacent to an activating group) is 1. The maximum Gasteiger partial charge on any atom is 0.339 e. The van der Waals surface area contributed by atoms with Crippen LogP contribution in [-0.4, -0.2) is 56.9 Å². The van der Waals surface area contributed by atoms with Gasteiger partial charge in [-0.1, -0.05) is 76.1 Å². The van der Waals surface area contributed by atoms with E-state index in [0.717, 1.165) is 27.4 Å². The Bertz CT molecular complexity index is 1400. The van der Waals surface area contributed by atoms with E-state index in [2.05, 4.69) is 25.7 Å². The Morgan fingerprint density at radius 1 is 0.889 bits per heavy atom. The van der Waals surface area contributed by atoms with Gasteiger partial charge in [0.25, 0.3) is 10.0 Å². The number of urea groups is 1. The molecule has 5 rings (SSSR count). The second-order valence-corrected chi connectivity index (χ2v) is 12.1. The molecule has 2 aliphatic rings. The standard InChI is InChI=1S/C26H26BrClN4O3S/c1-29-11-13-30(14-12-29)23-15-21(28)16-24-25(23)36(34,35)32(18-20-9-5-6-10-22(20)27)26(33)31(24)17-19-7-3-2-4-8-19/h2-10,15-16H,11-14,17-18H2,1H3. The third-order valence-corrected chi connectivity index (χ3v) is 9.39. The molecule has 0 unspecified atom stereocenters. The minimum Gasteiger partial charge on any atom is -0.368 e. The van der Waals surface area contributed by atoms with Gasteiger partial charge in [-0.25, -0.2) is 17.5 Å². The van der Waals surface area contributed by atoms with Crippen molar-refractivity contribution in [1.82, 2.24) is 9.21 Å². The molecule has 0 spiro atoms. The number of piperazine rings is 1. The van der Waals surface area contributed by atoms with Crippen LogP contribution in [0.5, 0.6) is 0 Å². The summed E-state index contributed by atoms with van der Waals surface area (Å²) in [7, 11) is -2.13. The van der Waals surface area contributed by atoms with Crippen LogP contribution in [0.25, 0.3) is 0 Å². The highest BCUT2D eigenvalue weighted by Gasteiger charge is 2.44. The first-order chi connectivity index (χ1) is 17.3. The van der Waals surface area contributed by atoms with E-state index in [-0.39, 0.29) is 18.0 Å². The van der Waals surface area contributed by atoms with Crippen molar-refractivity contribution in [2.24, 2.45) is 0 Å². The van der Waals surface area contributed by atoms with Crippen molar-refractivity contribution in [2.75, 3.05) is 43.0 Å². The summed E-state index contributed by atoms with van der Waals surface area (Å²) >= 11 is 10.0. The van der Waals surface area contributed by atoms with Crippen molar-refractivity contribution in [1.29, 1.82) is 0 Å². The molecular weight excluding hydrogens is 564 g/mol. The van der Waals surface area contributed by atoms with E-state index in [0.29, 0.717) is 35.1 Å². The molecule has 0 atom stereocenters. The molecule has 1 fully saturated rings. The number of hydrogen-bond donors (Lipinski definition) is 0. The molecule has 0 aromatic heterocycles. The topological polar surface area (TPSA) is 64.2 Å². The average Bonchev–Trinajstić information content (AvgIpc) is 2.86. The Morgan fingerprint density at radius 2 is 1.53 bits per heavy atom. The fourth-order valence-electron chi connectivity index (χ4n) is 4.62. The summed E-state index contributed by atoms with van der Waals surface area (Å²) < 4.78 is 30.0. The maximum atomic E-state index is 14.2. The van der Waals surface area contributed by atoms with E-state index in [9.17, 15) is 13.2 Å². The van der Waals surface area contributed by atoms with Gasteiger partial charge >= 0.3 is 6.03 Å². The Labute approximate surface area is 225 Å². The molecule has 188 valence electrons. The van der Waals surface area contributed by atoms with E-state index in [1.165, 1.54) is 4.90 Å². The molecule has 0 radical (unpaired) electrons. The molecule has 7 nitrogen and oxygen atoms in total. The summed E-state index contributed by atoms with van der Waals surface area (Å²) in [5, 5.41) is 0.392. The van der Waals surface area contributed by atoms with Gasteiger partial charge in [-0.05, 0) is 36.4 Å². The number of carbonyl (C=O) groups is 1. The molecule has 10 heteroatoms. The normalized spacial score (nSPS) is 17.9. The Hall–Kier alpha value is -2.59. The Balaban J connectivity index is 1.67. The number of anilines is 2. The van der Waals surface area contributed by atoms with Gasteiger partial charge in [0.15, 0.2) is 0 Å². The van der Waals surface area contributed by atoms with Crippen LogP contribution in [0.3, 0.4) is 0 Å². The van der Waals surface area contributed by atoms with Crippen LogP contribution in [0, 0.1) is 0 Å². The van der Waals surface area contributed by atoms with E-state index >= 15 is 0 Å². The molecule has 0 aliphatic carbocycles. The van der Waals surface area contributed by atoms with Crippen molar-refractivity contribution >= 4 is 55.0 Å². The first kappa shape index (κ1) is 25.1. The van der Waals surface area contributed by atoms with Gasteiger partial charge in [0.1, 0.15) is 4.90 Å². The summed E-state index contributed by atoms with van der Waals surface area (Å²) in [5.74, 6) is 0. The molecule has 1 saturated heterocycles. The molecule has 2 aliphatic heterocycles. The second-order valence-electron chi connectivity index (χ2n) is 9.02. The predicted molar refractivity (Wildman–Crippen MR) is 146 cm³/mol. The number of benzene rings is 3. The summed E-state index contributed by atoms with van der Waals surface area (Å²) in [6, 6.07) is 19.5. The SMILES string of the molecule is CN1CCN(c2cc(Cl)cc3c2S(=O)(=O)N(Cc2ccccc2Br)C(=O)N3Cc2ccccc2)CC1. The quantitative estimate of drug-likeness (QED) is 0.410. The van der Waals surface area contributed by atoms with Crippen LogP contribution < -0.4 is 9.80 Å². The lowest BCUT2D eigenvalue weighted by Crippen LogP contribution is -2.51. The van der Waals surface area contributed by atoms with Crippen LogP contribution in [0.4, 0.5) is 16.2 Å². The summed E-state index contributed by atoms with van der Waals surface area (Å²) in [5.41, 5.74) is 2.44. The number of sulfonamides is 1. The smallest absolute Gasteiger partial charge is 0.339 e. The van der Waals surface area contributed by atoms with Crippen molar-refractivity contribution in [3.05, 3.63) is 87.4 Å². The minimum absolute atomic E-state index is 0.0852. The highest BCUT2D eigenvalue weighted by atomic mass is 79.9. The second kappa shape index (κ2) is 10.0. The molecule has 3 aromatic rings. The molecule has 2 amide bonds. The van der Waals surface area contributed by atoms with Gasteiger partial charge in [0.2, 0.25) is 0 Å². The fraction of sp³-hybridized carbons (Fsp3) is 0.269. The van der Waals surface area contributed by atoms with Gasteiger partial charge in [0, 0.05) is 35.7 Å². The van der Waals surface area contributed by atoms with Crippen molar-refractivity contribution in [2.45, 2.75) is 18.0 Å². The summed E-state index contributed by atoms with van der Waals surface area (Å²) in [6.45, 7) is 3.06. The molecule has 2 heterocycles. The fourth-order valence-corrected chi connectivity index (χ4v) is 6.95. The largest absolute Gasteiger partial charge is 0.368 e. The lowest BCUT2D eigenvalue weighted by molar-refractivity contribution is 0.226. The zero-order valence-corrected chi connectivity index (χ0v) is 22.9. The van der Waals surface area contributed by atoms with Crippen LogP contribution in [0.15, 0.2) is 76.1 Å². The van der Waals surface area contributed by atoms with Crippen LogP contribution in [0.1, 0.15) is 11.1 Å². The van der Waals surface area contributed by atoms with Crippen molar-refractivity contribution < 1.29 is 13.2 Å².